The van der Waals surface area contributed by atoms with E-state index in [-0.39, 0.29) is 23.5 Å². The number of rotatable bonds is 4. The van der Waals surface area contributed by atoms with Crippen LogP contribution in [0.1, 0.15) is 16.7 Å². The van der Waals surface area contributed by atoms with Crippen molar-refractivity contribution < 1.29 is 18.1 Å². The minimum atomic E-state index is -4.45. The number of nitro benzene ring substituents is 1. The van der Waals surface area contributed by atoms with Gasteiger partial charge in [0, 0.05) is 12.6 Å². The van der Waals surface area contributed by atoms with E-state index in [0.717, 1.165) is 18.2 Å². The fraction of sp³-hybridized carbons (Fsp3) is 0.133. The summed E-state index contributed by atoms with van der Waals surface area (Å²) in [6, 6.07) is 10.3. The van der Waals surface area contributed by atoms with Gasteiger partial charge < -0.3 is 5.32 Å². The third-order valence-corrected chi connectivity index (χ3v) is 3.06. The molecule has 0 saturated heterocycles. The molecule has 0 atom stereocenters. The number of hydrogen-bond acceptors (Lipinski definition) is 4. The molecule has 0 spiro atoms. The van der Waals surface area contributed by atoms with E-state index < -0.39 is 16.7 Å². The molecule has 0 aromatic heterocycles. The zero-order valence-electron chi connectivity index (χ0n) is 11.6. The molecule has 5 nitrogen and oxygen atoms in total. The van der Waals surface area contributed by atoms with Crippen molar-refractivity contribution in [3.8, 4) is 6.07 Å². The van der Waals surface area contributed by atoms with Crippen LogP contribution in [-0.2, 0) is 12.7 Å². The second kappa shape index (κ2) is 6.36. The fourth-order valence-corrected chi connectivity index (χ4v) is 1.96. The Morgan fingerprint density at radius 3 is 2.57 bits per heavy atom. The van der Waals surface area contributed by atoms with Gasteiger partial charge in [-0.25, -0.2) is 0 Å². The first-order valence-electron chi connectivity index (χ1n) is 6.40. The molecule has 0 fully saturated rings. The molecule has 0 heterocycles. The van der Waals surface area contributed by atoms with Crippen molar-refractivity contribution in [2.24, 2.45) is 0 Å². The quantitative estimate of drug-likeness (QED) is 0.679. The van der Waals surface area contributed by atoms with Gasteiger partial charge in [-0.2, -0.15) is 18.4 Å². The number of nitrogens with one attached hydrogen (secondary N) is 1. The van der Waals surface area contributed by atoms with Crippen LogP contribution in [-0.4, -0.2) is 4.92 Å². The molecule has 0 aliphatic carbocycles. The molecule has 23 heavy (non-hydrogen) atoms. The van der Waals surface area contributed by atoms with Gasteiger partial charge in [-0.3, -0.25) is 10.1 Å². The van der Waals surface area contributed by atoms with Crippen LogP contribution in [0.5, 0.6) is 0 Å². The van der Waals surface area contributed by atoms with Gasteiger partial charge in [-0.15, -0.1) is 0 Å². The summed E-state index contributed by atoms with van der Waals surface area (Å²) in [4.78, 5) is 10.3. The van der Waals surface area contributed by atoms with Crippen LogP contribution in [0.15, 0.2) is 42.5 Å². The molecule has 2 aromatic rings. The molecule has 0 unspecified atom stereocenters. The third kappa shape index (κ3) is 3.97. The third-order valence-electron chi connectivity index (χ3n) is 3.06. The first kappa shape index (κ1) is 16.3. The van der Waals surface area contributed by atoms with E-state index in [1.54, 1.807) is 6.07 Å². The van der Waals surface area contributed by atoms with Crippen molar-refractivity contribution in [1.29, 1.82) is 5.26 Å². The van der Waals surface area contributed by atoms with Gasteiger partial charge in [0.05, 0.1) is 22.1 Å². The number of nitriles is 1. The summed E-state index contributed by atoms with van der Waals surface area (Å²) < 4.78 is 37.9. The van der Waals surface area contributed by atoms with Crippen molar-refractivity contribution >= 4 is 11.4 Å². The van der Waals surface area contributed by atoms with Crippen LogP contribution < -0.4 is 5.32 Å². The van der Waals surface area contributed by atoms with E-state index >= 15 is 0 Å². The number of nitro groups is 1. The zero-order valence-corrected chi connectivity index (χ0v) is 11.6. The lowest BCUT2D eigenvalue weighted by molar-refractivity contribution is -0.384. The minimum Gasteiger partial charge on any atom is -0.375 e. The maximum atomic E-state index is 12.6. The number of alkyl halides is 3. The lowest BCUT2D eigenvalue weighted by Gasteiger charge is -2.10. The van der Waals surface area contributed by atoms with Gasteiger partial charge in [0.25, 0.3) is 5.69 Å². The zero-order chi connectivity index (χ0) is 17.0. The van der Waals surface area contributed by atoms with E-state index in [4.69, 9.17) is 5.26 Å². The predicted octanol–water partition coefficient (Wildman–Crippen LogP) is 4.10. The minimum absolute atomic E-state index is 0.0172. The van der Waals surface area contributed by atoms with Crippen LogP contribution in [0.25, 0.3) is 0 Å². The molecule has 118 valence electrons. The summed E-state index contributed by atoms with van der Waals surface area (Å²) in [5.74, 6) is 0. The summed E-state index contributed by atoms with van der Waals surface area (Å²) in [6.07, 6.45) is -4.45. The molecular weight excluding hydrogens is 311 g/mol. The Balaban J connectivity index is 2.22. The Labute approximate surface area is 129 Å². The number of hydrogen-bond donors (Lipinski definition) is 1. The number of nitrogens with zero attached hydrogens (tertiary/aromatic N) is 2. The Bertz CT molecular complexity index is 782. The van der Waals surface area contributed by atoms with Gasteiger partial charge in [0.15, 0.2) is 0 Å². The number of halogens is 3. The highest BCUT2D eigenvalue weighted by atomic mass is 19.4. The maximum absolute atomic E-state index is 12.6. The lowest BCUT2D eigenvalue weighted by atomic mass is 10.1. The van der Waals surface area contributed by atoms with Crippen LogP contribution in [0.3, 0.4) is 0 Å². The molecule has 2 rings (SSSR count). The van der Waals surface area contributed by atoms with Crippen molar-refractivity contribution in [1.82, 2.24) is 0 Å². The fourth-order valence-electron chi connectivity index (χ4n) is 1.96. The lowest BCUT2D eigenvalue weighted by Crippen LogP contribution is -2.07. The molecule has 0 bridgehead atoms. The average molecular weight is 321 g/mol. The molecule has 2 aromatic carbocycles. The van der Waals surface area contributed by atoms with E-state index in [0.29, 0.717) is 5.56 Å². The molecule has 0 radical (unpaired) electrons. The monoisotopic (exact) mass is 321 g/mol. The van der Waals surface area contributed by atoms with Crippen LogP contribution in [0.4, 0.5) is 24.5 Å². The average Bonchev–Trinajstić information content (AvgIpc) is 2.52. The Morgan fingerprint density at radius 2 is 1.96 bits per heavy atom. The first-order valence-corrected chi connectivity index (χ1v) is 6.40. The summed E-state index contributed by atoms with van der Waals surface area (Å²) >= 11 is 0. The molecule has 1 N–H and O–H groups in total. The molecule has 0 aliphatic rings. The highest BCUT2D eigenvalue weighted by Gasteiger charge is 2.30. The standard InChI is InChI=1S/C15H10F3N3O2/c16-15(17,18)12-3-1-2-11(6-12)9-20-13-5-4-10(8-19)7-14(13)21(22)23/h1-7,20H,9H2. The van der Waals surface area contributed by atoms with Gasteiger partial charge in [0.2, 0.25) is 0 Å². The number of benzene rings is 2. The normalized spacial score (nSPS) is 10.9. The Hall–Kier alpha value is -3.08. The van der Waals surface area contributed by atoms with Gasteiger partial charge in [-0.1, -0.05) is 12.1 Å². The topological polar surface area (TPSA) is 79.0 Å². The molecule has 0 amide bonds. The van der Waals surface area contributed by atoms with Crippen molar-refractivity contribution in [2.45, 2.75) is 12.7 Å². The van der Waals surface area contributed by atoms with E-state index in [1.807, 2.05) is 0 Å². The summed E-state index contributed by atoms with van der Waals surface area (Å²) in [6.45, 7) is -0.0172. The van der Waals surface area contributed by atoms with Gasteiger partial charge in [-0.05, 0) is 29.8 Å². The van der Waals surface area contributed by atoms with Crippen molar-refractivity contribution in [2.75, 3.05) is 5.32 Å². The van der Waals surface area contributed by atoms with Crippen molar-refractivity contribution in [3.63, 3.8) is 0 Å². The number of anilines is 1. The second-order valence-electron chi connectivity index (χ2n) is 4.65. The summed E-state index contributed by atoms with van der Waals surface area (Å²) in [5.41, 5.74) is -0.506. The molecule has 0 saturated carbocycles. The predicted molar refractivity (Wildman–Crippen MR) is 76.6 cm³/mol. The smallest absolute Gasteiger partial charge is 0.375 e. The van der Waals surface area contributed by atoms with Gasteiger partial charge in [0.1, 0.15) is 5.69 Å². The Morgan fingerprint density at radius 1 is 1.22 bits per heavy atom. The summed E-state index contributed by atoms with van der Waals surface area (Å²) in [5, 5.41) is 22.5. The highest BCUT2D eigenvalue weighted by molar-refractivity contribution is 5.64. The van der Waals surface area contributed by atoms with Crippen LogP contribution >= 0.6 is 0 Å². The van der Waals surface area contributed by atoms with E-state index in [9.17, 15) is 23.3 Å². The highest BCUT2D eigenvalue weighted by Crippen LogP contribution is 2.30. The van der Waals surface area contributed by atoms with Crippen LogP contribution in [0, 0.1) is 21.4 Å². The molecule has 0 aliphatic heterocycles. The second-order valence-corrected chi connectivity index (χ2v) is 4.65. The van der Waals surface area contributed by atoms with E-state index in [2.05, 4.69) is 5.32 Å². The first-order chi connectivity index (χ1) is 10.8. The largest absolute Gasteiger partial charge is 0.416 e. The molecular formula is C15H10F3N3O2. The SMILES string of the molecule is N#Cc1ccc(NCc2cccc(C(F)(F)F)c2)c([N+](=O)[O-])c1. The van der Waals surface area contributed by atoms with E-state index in [1.165, 1.54) is 24.3 Å². The molecule has 8 heteroatoms. The van der Waals surface area contributed by atoms with Crippen molar-refractivity contribution in [3.05, 3.63) is 69.3 Å². The summed E-state index contributed by atoms with van der Waals surface area (Å²) in [7, 11) is 0. The van der Waals surface area contributed by atoms with Gasteiger partial charge >= 0.3 is 6.18 Å². The Kier molecular flexibility index (Phi) is 4.50. The van der Waals surface area contributed by atoms with Crippen LogP contribution in [0.2, 0.25) is 0 Å². The maximum Gasteiger partial charge on any atom is 0.416 e.